The second-order valence-electron chi connectivity index (χ2n) is 5.88. The highest BCUT2D eigenvalue weighted by Gasteiger charge is 2.19. The lowest BCUT2D eigenvalue weighted by molar-refractivity contribution is 0.738. The van der Waals surface area contributed by atoms with Gasteiger partial charge in [-0.3, -0.25) is 0 Å². The molecule has 114 valence electrons. The Kier molecular flexibility index (Phi) is 3.94. The Morgan fingerprint density at radius 2 is 2.00 bits per heavy atom. The van der Waals surface area contributed by atoms with E-state index >= 15 is 0 Å². The lowest BCUT2D eigenvalue weighted by atomic mass is 10.0. The Labute approximate surface area is 135 Å². The summed E-state index contributed by atoms with van der Waals surface area (Å²) >= 11 is 6.15. The van der Waals surface area contributed by atoms with Crippen molar-refractivity contribution in [3.63, 3.8) is 0 Å². The second-order valence-corrected chi connectivity index (χ2v) is 6.29. The molecule has 0 aliphatic rings. The minimum Gasteiger partial charge on any atom is -0.330 e. The standard InChI is InChI=1S/C18H20ClN3/c1-11-6-7-22-16(8-11)21-17(18(22)13(3)10-20)14-4-5-15(19)12(2)9-14/h4-9,13H,10,20H2,1-3H3. The molecule has 22 heavy (non-hydrogen) atoms. The molecule has 0 radical (unpaired) electrons. The van der Waals surface area contributed by atoms with Crippen molar-refractivity contribution in [1.29, 1.82) is 0 Å². The van der Waals surface area contributed by atoms with Crippen LogP contribution in [0.2, 0.25) is 5.02 Å². The van der Waals surface area contributed by atoms with Gasteiger partial charge in [0.05, 0.1) is 11.4 Å². The number of pyridine rings is 1. The van der Waals surface area contributed by atoms with Crippen LogP contribution in [0.1, 0.15) is 29.7 Å². The minimum absolute atomic E-state index is 0.226. The van der Waals surface area contributed by atoms with Gasteiger partial charge in [0.1, 0.15) is 5.65 Å². The summed E-state index contributed by atoms with van der Waals surface area (Å²) in [4.78, 5) is 4.85. The van der Waals surface area contributed by atoms with Crippen LogP contribution in [0.4, 0.5) is 0 Å². The third-order valence-electron chi connectivity index (χ3n) is 4.07. The highest BCUT2D eigenvalue weighted by molar-refractivity contribution is 6.31. The first kappa shape index (κ1) is 15.1. The first-order valence-corrected chi connectivity index (χ1v) is 7.84. The van der Waals surface area contributed by atoms with Crippen LogP contribution < -0.4 is 5.73 Å². The number of nitrogens with two attached hydrogens (primary N) is 1. The summed E-state index contributed by atoms with van der Waals surface area (Å²) in [6, 6.07) is 10.2. The lowest BCUT2D eigenvalue weighted by Crippen LogP contribution is -2.12. The summed E-state index contributed by atoms with van der Waals surface area (Å²) in [6.45, 7) is 6.81. The molecule has 0 saturated carbocycles. The molecular weight excluding hydrogens is 294 g/mol. The maximum absolute atomic E-state index is 6.15. The van der Waals surface area contributed by atoms with Crippen molar-refractivity contribution in [2.75, 3.05) is 6.54 Å². The number of benzene rings is 1. The predicted molar refractivity (Wildman–Crippen MR) is 92.6 cm³/mol. The van der Waals surface area contributed by atoms with Gasteiger partial charge in [-0.1, -0.05) is 24.6 Å². The molecule has 0 spiro atoms. The van der Waals surface area contributed by atoms with Crippen LogP contribution in [0.25, 0.3) is 16.9 Å². The first-order valence-electron chi connectivity index (χ1n) is 7.46. The molecule has 0 aliphatic heterocycles. The van der Waals surface area contributed by atoms with Crippen molar-refractivity contribution in [2.45, 2.75) is 26.7 Å². The van der Waals surface area contributed by atoms with E-state index in [1.165, 1.54) is 5.56 Å². The third kappa shape index (κ3) is 2.51. The van der Waals surface area contributed by atoms with Crippen LogP contribution in [-0.2, 0) is 0 Å². The summed E-state index contributed by atoms with van der Waals surface area (Å²) in [7, 11) is 0. The highest BCUT2D eigenvalue weighted by Crippen LogP contribution is 2.31. The summed E-state index contributed by atoms with van der Waals surface area (Å²) < 4.78 is 2.14. The van der Waals surface area contributed by atoms with Gasteiger partial charge in [-0.25, -0.2) is 4.98 Å². The van der Waals surface area contributed by atoms with E-state index in [-0.39, 0.29) is 5.92 Å². The van der Waals surface area contributed by atoms with Crippen molar-refractivity contribution < 1.29 is 0 Å². The van der Waals surface area contributed by atoms with E-state index in [0.29, 0.717) is 6.54 Å². The molecule has 1 atom stereocenters. The van der Waals surface area contributed by atoms with E-state index < -0.39 is 0 Å². The molecule has 3 aromatic rings. The summed E-state index contributed by atoms with van der Waals surface area (Å²) in [5, 5.41) is 0.775. The largest absolute Gasteiger partial charge is 0.330 e. The Morgan fingerprint density at radius 3 is 2.68 bits per heavy atom. The molecule has 2 N–H and O–H groups in total. The van der Waals surface area contributed by atoms with E-state index in [4.69, 9.17) is 22.3 Å². The Hall–Kier alpha value is -1.84. The molecular formula is C18H20ClN3. The van der Waals surface area contributed by atoms with E-state index in [1.807, 2.05) is 19.1 Å². The number of nitrogens with zero attached hydrogens (tertiary/aromatic N) is 2. The normalized spacial score (nSPS) is 12.8. The van der Waals surface area contributed by atoms with Gasteiger partial charge in [0.25, 0.3) is 0 Å². The van der Waals surface area contributed by atoms with Gasteiger partial charge in [-0.05, 0) is 49.2 Å². The lowest BCUT2D eigenvalue weighted by Gasteiger charge is -2.12. The molecule has 0 aliphatic carbocycles. The molecule has 2 heterocycles. The zero-order chi connectivity index (χ0) is 15.9. The molecule has 3 nitrogen and oxygen atoms in total. The smallest absolute Gasteiger partial charge is 0.137 e. The number of rotatable bonds is 3. The van der Waals surface area contributed by atoms with Crippen LogP contribution >= 0.6 is 11.6 Å². The number of aryl methyl sites for hydroxylation is 2. The summed E-state index contributed by atoms with van der Waals surface area (Å²) in [6.07, 6.45) is 2.07. The molecule has 0 amide bonds. The fourth-order valence-electron chi connectivity index (χ4n) is 2.75. The molecule has 3 rings (SSSR count). The van der Waals surface area contributed by atoms with Crippen molar-refractivity contribution in [3.05, 3.63) is 58.4 Å². The maximum Gasteiger partial charge on any atom is 0.137 e. The second kappa shape index (κ2) is 5.75. The Morgan fingerprint density at radius 1 is 1.23 bits per heavy atom. The zero-order valence-corrected chi connectivity index (χ0v) is 13.9. The molecule has 0 saturated heterocycles. The molecule has 1 aromatic carbocycles. The highest BCUT2D eigenvalue weighted by atomic mass is 35.5. The Bertz CT molecular complexity index is 836. The zero-order valence-electron chi connectivity index (χ0n) is 13.1. The molecule has 0 bridgehead atoms. The fraction of sp³-hybridized carbons (Fsp3) is 0.278. The maximum atomic E-state index is 6.15. The molecule has 0 fully saturated rings. The van der Waals surface area contributed by atoms with Gasteiger partial charge in [-0.2, -0.15) is 0 Å². The minimum atomic E-state index is 0.226. The molecule has 4 heteroatoms. The van der Waals surface area contributed by atoms with Crippen LogP contribution in [-0.4, -0.2) is 15.9 Å². The number of aromatic nitrogens is 2. The number of halogens is 1. The van der Waals surface area contributed by atoms with Gasteiger partial charge >= 0.3 is 0 Å². The average molecular weight is 314 g/mol. The van der Waals surface area contributed by atoms with E-state index in [0.717, 1.165) is 33.2 Å². The van der Waals surface area contributed by atoms with Crippen LogP contribution in [0.5, 0.6) is 0 Å². The average Bonchev–Trinajstić information content (AvgIpc) is 2.87. The van der Waals surface area contributed by atoms with E-state index in [2.05, 4.69) is 42.6 Å². The monoisotopic (exact) mass is 313 g/mol. The fourth-order valence-corrected chi connectivity index (χ4v) is 2.87. The van der Waals surface area contributed by atoms with Crippen molar-refractivity contribution in [3.8, 4) is 11.3 Å². The van der Waals surface area contributed by atoms with Crippen molar-refractivity contribution in [1.82, 2.24) is 9.38 Å². The van der Waals surface area contributed by atoms with Crippen LogP contribution in [0, 0.1) is 13.8 Å². The van der Waals surface area contributed by atoms with E-state index in [9.17, 15) is 0 Å². The van der Waals surface area contributed by atoms with Crippen molar-refractivity contribution >= 4 is 17.2 Å². The molecule has 2 aromatic heterocycles. The van der Waals surface area contributed by atoms with Gasteiger partial charge < -0.3 is 10.1 Å². The van der Waals surface area contributed by atoms with Gasteiger partial charge in [0.2, 0.25) is 0 Å². The van der Waals surface area contributed by atoms with Gasteiger partial charge in [-0.15, -0.1) is 0 Å². The van der Waals surface area contributed by atoms with Crippen LogP contribution in [0.3, 0.4) is 0 Å². The first-order chi connectivity index (χ1) is 10.5. The Balaban J connectivity index is 2.29. The predicted octanol–water partition coefficient (Wildman–Crippen LogP) is 4.33. The summed E-state index contributed by atoms with van der Waals surface area (Å²) in [5.41, 5.74) is 12.4. The topological polar surface area (TPSA) is 43.3 Å². The number of fused-ring (bicyclic) bond motifs is 1. The van der Waals surface area contributed by atoms with Crippen LogP contribution in [0.15, 0.2) is 36.5 Å². The quantitative estimate of drug-likeness (QED) is 0.782. The third-order valence-corrected chi connectivity index (χ3v) is 4.49. The summed E-state index contributed by atoms with van der Waals surface area (Å²) in [5.74, 6) is 0.226. The van der Waals surface area contributed by atoms with Gasteiger partial charge in [0.15, 0.2) is 0 Å². The number of imidazole rings is 1. The SMILES string of the molecule is Cc1ccn2c(C(C)CN)c(-c3ccc(Cl)c(C)c3)nc2c1. The van der Waals surface area contributed by atoms with Crippen molar-refractivity contribution in [2.24, 2.45) is 5.73 Å². The van der Waals surface area contributed by atoms with Gasteiger partial charge in [0, 0.05) is 29.2 Å². The van der Waals surface area contributed by atoms with E-state index in [1.54, 1.807) is 0 Å². The molecule has 1 unspecified atom stereocenters. The number of hydrogen-bond acceptors (Lipinski definition) is 2. The number of hydrogen-bond donors (Lipinski definition) is 1.